The van der Waals surface area contributed by atoms with Crippen LogP contribution in [-0.2, 0) is 0 Å². The molecule has 2 rings (SSSR count). The van der Waals surface area contributed by atoms with Crippen molar-refractivity contribution in [2.24, 2.45) is 16.7 Å². The molecule has 1 atom stereocenters. The molecule has 3 heteroatoms. The van der Waals surface area contributed by atoms with E-state index in [0.29, 0.717) is 21.8 Å². The van der Waals surface area contributed by atoms with Gasteiger partial charge in [0, 0.05) is 14.9 Å². The maximum absolute atomic E-state index is 6.27. The van der Waals surface area contributed by atoms with Crippen molar-refractivity contribution in [3.05, 3.63) is 33.8 Å². The third-order valence-electron chi connectivity index (χ3n) is 4.68. The highest BCUT2D eigenvalue weighted by molar-refractivity contribution is 9.09. The Labute approximate surface area is 122 Å². The zero-order valence-corrected chi connectivity index (χ0v) is 13.6. The zero-order valence-electron chi connectivity index (χ0n) is 10.5. The number of hydrogen-bond acceptors (Lipinski definition) is 0. The molecule has 94 valence electrons. The largest absolute Gasteiger partial charge is 0.0843 e. The molecule has 0 saturated heterocycles. The summed E-state index contributed by atoms with van der Waals surface area (Å²) in [6, 6.07) is 5.74. The quantitative estimate of drug-likeness (QED) is 0.572. The van der Waals surface area contributed by atoms with Gasteiger partial charge in [0.05, 0.1) is 0 Å². The molecule has 0 amide bonds. The summed E-state index contributed by atoms with van der Waals surface area (Å²) in [7, 11) is 0. The zero-order chi connectivity index (χ0) is 13.0. The van der Waals surface area contributed by atoms with Crippen LogP contribution >= 0.6 is 39.1 Å². The molecule has 1 aliphatic carbocycles. The third-order valence-corrected chi connectivity index (χ3v) is 6.27. The molecule has 0 spiro atoms. The van der Waals surface area contributed by atoms with E-state index in [1.165, 1.54) is 0 Å². The fourth-order valence-corrected chi connectivity index (χ4v) is 5.26. The van der Waals surface area contributed by atoms with E-state index in [-0.39, 0.29) is 4.83 Å². The van der Waals surface area contributed by atoms with Gasteiger partial charge in [0.1, 0.15) is 0 Å². The molecule has 1 saturated carbocycles. The summed E-state index contributed by atoms with van der Waals surface area (Å²) in [6.45, 7) is 9.26. The van der Waals surface area contributed by atoms with Gasteiger partial charge >= 0.3 is 0 Å². The Bertz CT molecular complexity index is 438. The van der Waals surface area contributed by atoms with E-state index in [1.807, 2.05) is 18.2 Å². The lowest BCUT2D eigenvalue weighted by Gasteiger charge is -2.14. The molecule has 1 fully saturated rings. The van der Waals surface area contributed by atoms with Crippen LogP contribution < -0.4 is 0 Å². The molecule has 17 heavy (non-hydrogen) atoms. The third kappa shape index (κ3) is 2.05. The second kappa shape index (κ2) is 4.15. The van der Waals surface area contributed by atoms with E-state index in [0.717, 1.165) is 10.6 Å². The monoisotopic (exact) mass is 334 g/mol. The van der Waals surface area contributed by atoms with E-state index in [4.69, 9.17) is 23.2 Å². The minimum atomic E-state index is 0.289. The summed E-state index contributed by atoms with van der Waals surface area (Å²) < 4.78 is 0. The molecule has 1 aliphatic rings. The van der Waals surface area contributed by atoms with Gasteiger partial charge in [0.25, 0.3) is 0 Å². The lowest BCUT2D eigenvalue weighted by molar-refractivity contribution is 0.457. The van der Waals surface area contributed by atoms with Crippen molar-refractivity contribution < 1.29 is 0 Å². The molecule has 0 N–H and O–H groups in total. The van der Waals surface area contributed by atoms with Crippen molar-refractivity contribution in [2.75, 3.05) is 0 Å². The molecule has 0 heterocycles. The van der Waals surface area contributed by atoms with Crippen molar-refractivity contribution in [2.45, 2.75) is 32.5 Å². The maximum Gasteiger partial charge on any atom is 0.0464 e. The summed E-state index contributed by atoms with van der Waals surface area (Å²) in [5.74, 6) is 0.591. The van der Waals surface area contributed by atoms with Crippen LogP contribution in [0.1, 0.15) is 38.1 Å². The Kier molecular flexibility index (Phi) is 3.34. The first kappa shape index (κ1) is 13.7. The molecule has 0 aromatic heterocycles. The highest BCUT2D eigenvalue weighted by Gasteiger charge is 2.66. The van der Waals surface area contributed by atoms with Crippen LogP contribution in [0.4, 0.5) is 0 Å². The van der Waals surface area contributed by atoms with Gasteiger partial charge in [-0.15, -0.1) is 0 Å². The summed E-state index contributed by atoms with van der Waals surface area (Å²) in [4.78, 5) is 0.289. The predicted molar refractivity (Wildman–Crippen MR) is 79.2 cm³/mol. The van der Waals surface area contributed by atoms with Crippen molar-refractivity contribution in [3.63, 3.8) is 0 Å². The Morgan fingerprint density at radius 3 is 2.06 bits per heavy atom. The topological polar surface area (TPSA) is 0 Å². The normalized spacial score (nSPS) is 23.5. The Hall–Kier alpha value is 0.280. The first-order chi connectivity index (χ1) is 7.69. The standard InChI is InChI=1S/C14H17BrCl2/c1-13(2)12(14(13,3)4)11(15)9-6-5-8(16)7-10(9)17/h5-7,11-12H,1-4H3. The number of alkyl halides is 1. The summed E-state index contributed by atoms with van der Waals surface area (Å²) in [5, 5.41) is 1.44. The summed E-state index contributed by atoms with van der Waals surface area (Å²) in [5.41, 5.74) is 1.81. The van der Waals surface area contributed by atoms with Crippen LogP contribution in [0, 0.1) is 16.7 Å². The lowest BCUT2D eigenvalue weighted by atomic mass is 10.0. The fourth-order valence-electron chi connectivity index (χ4n) is 2.88. The van der Waals surface area contributed by atoms with Crippen LogP contribution in [-0.4, -0.2) is 0 Å². The molecular weight excluding hydrogens is 319 g/mol. The first-order valence-electron chi connectivity index (χ1n) is 5.78. The van der Waals surface area contributed by atoms with Gasteiger partial charge in [-0.05, 0) is 34.4 Å². The van der Waals surface area contributed by atoms with Gasteiger partial charge in [0.15, 0.2) is 0 Å². The summed E-state index contributed by atoms with van der Waals surface area (Å²) in [6.07, 6.45) is 0. The molecule has 1 aromatic rings. The van der Waals surface area contributed by atoms with Crippen LogP contribution in [0.25, 0.3) is 0 Å². The molecule has 0 aliphatic heterocycles. The van der Waals surface area contributed by atoms with Crippen molar-refractivity contribution >= 4 is 39.1 Å². The molecular formula is C14H17BrCl2. The Balaban J connectivity index is 2.31. The lowest BCUT2D eigenvalue weighted by Crippen LogP contribution is -2.00. The van der Waals surface area contributed by atoms with Crippen LogP contribution in [0.3, 0.4) is 0 Å². The Morgan fingerprint density at radius 1 is 1.12 bits per heavy atom. The van der Waals surface area contributed by atoms with Gasteiger partial charge in [-0.25, -0.2) is 0 Å². The average Bonchev–Trinajstić information content (AvgIpc) is 2.56. The van der Waals surface area contributed by atoms with Crippen molar-refractivity contribution in [1.29, 1.82) is 0 Å². The van der Waals surface area contributed by atoms with Gasteiger partial charge in [-0.3, -0.25) is 0 Å². The molecule has 0 bridgehead atoms. The number of rotatable bonds is 2. The Morgan fingerprint density at radius 2 is 1.65 bits per heavy atom. The van der Waals surface area contributed by atoms with Gasteiger partial charge in [0.2, 0.25) is 0 Å². The first-order valence-corrected chi connectivity index (χ1v) is 7.46. The summed E-state index contributed by atoms with van der Waals surface area (Å²) >= 11 is 16.0. The number of benzene rings is 1. The minimum Gasteiger partial charge on any atom is -0.0843 e. The van der Waals surface area contributed by atoms with Crippen molar-refractivity contribution in [3.8, 4) is 0 Å². The molecule has 1 aromatic carbocycles. The highest BCUT2D eigenvalue weighted by atomic mass is 79.9. The van der Waals surface area contributed by atoms with Crippen LogP contribution in [0.5, 0.6) is 0 Å². The fraction of sp³-hybridized carbons (Fsp3) is 0.571. The molecule has 0 nitrogen and oxygen atoms in total. The minimum absolute atomic E-state index is 0.289. The van der Waals surface area contributed by atoms with E-state index in [9.17, 15) is 0 Å². The average molecular weight is 336 g/mol. The van der Waals surface area contributed by atoms with Crippen LogP contribution in [0.2, 0.25) is 10.0 Å². The van der Waals surface area contributed by atoms with E-state index >= 15 is 0 Å². The smallest absolute Gasteiger partial charge is 0.0464 e. The molecule has 1 unspecified atom stereocenters. The van der Waals surface area contributed by atoms with E-state index in [1.54, 1.807) is 0 Å². The second-order valence-corrected chi connectivity index (χ2v) is 7.82. The number of hydrogen-bond donors (Lipinski definition) is 0. The second-order valence-electron chi connectivity index (χ2n) is 5.99. The highest BCUT2D eigenvalue weighted by Crippen LogP contribution is 2.74. The maximum atomic E-state index is 6.27. The predicted octanol–water partition coefficient (Wildman–Crippen LogP) is 6.11. The van der Waals surface area contributed by atoms with Crippen LogP contribution in [0.15, 0.2) is 18.2 Å². The van der Waals surface area contributed by atoms with Crippen molar-refractivity contribution in [1.82, 2.24) is 0 Å². The SMILES string of the molecule is CC1(C)C(C(Br)c2ccc(Cl)cc2Cl)C1(C)C. The molecule has 0 radical (unpaired) electrons. The number of halogens is 3. The van der Waals surface area contributed by atoms with E-state index in [2.05, 4.69) is 43.6 Å². The van der Waals surface area contributed by atoms with Gasteiger partial charge < -0.3 is 0 Å². The van der Waals surface area contributed by atoms with E-state index < -0.39 is 0 Å². The van der Waals surface area contributed by atoms with Gasteiger partial charge in [-0.1, -0.05) is 72.9 Å². The van der Waals surface area contributed by atoms with Gasteiger partial charge in [-0.2, -0.15) is 0 Å².